The highest BCUT2D eigenvalue weighted by Crippen LogP contribution is 2.25. The fraction of sp³-hybridized carbons (Fsp3) is 0.348. The molecule has 0 aliphatic heterocycles. The van der Waals surface area contributed by atoms with Gasteiger partial charge >= 0.3 is 0 Å². The molecular formula is C23H28N4O2S. The molecule has 0 saturated heterocycles. The van der Waals surface area contributed by atoms with Crippen molar-refractivity contribution in [2.45, 2.75) is 25.9 Å². The number of carbonyl (C=O) groups excluding carboxylic acids is 1. The van der Waals surface area contributed by atoms with Gasteiger partial charge in [0.25, 0.3) is 0 Å². The molecule has 158 valence electrons. The minimum absolute atomic E-state index is 0.00297. The molecule has 0 fully saturated rings. The van der Waals surface area contributed by atoms with Crippen LogP contribution in [0.15, 0.2) is 53.7 Å². The van der Waals surface area contributed by atoms with Crippen LogP contribution in [0, 0.1) is 0 Å². The first-order chi connectivity index (χ1) is 14.5. The van der Waals surface area contributed by atoms with Crippen molar-refractivity contribution < 1.29 is 9.53 Å². The third kappa shape index (κ3) is 5.02. The first kappa shape index (κ1) is 21.9. The van der Waals surface area contributed by atoms with E-state index in [1.807, 2.05) is 29.8 Å². The molecular weight excluding hydrogens is 396 g/mol. The van der Waals surface area contributed by atoms with Gasteiger partial charge in [-0.3, -0.25) is 4.79 Å². The minimum atomic E-state index is 0.00297. The van der Waals surface area contributed by atoms with Gasteiger partial charge in [0, 0.05) is 37.1 Å². The molecule has 0 unspecified atom stereocenters. The lowest BCUT2D eigenvalue weighted by molar-refractivity contribution is 0.101. The number of ether oxygens (including phenoxy) is 1. The molecule has 0 saturated carbocycles. The van der Waals surface area contributed by atoms with Gasteiger partial charge < -0.3 is 14.2 Å². The van der Waals surface area contributed by atoms with Crippen LogP contribution in [-0.4, -0.2) is 46.0 Å². The van der Waals surface area contributed by atoms with Gasteiger partial charge in [-0.05, 0) is 57.2 Å². The third-order valence-electron chi connectivity index (χ3n) is 4.93. The lowest BCUT2D eigenvalue weighted by Gasteiger charge is -2.21. The van der Waals surface area contributed by atoms with Crippen molar-refractivity contribution in [3.05, 3.63) is 54.1 Å². The number of nitrogens with zero attached hydrogens (tertiary/aromatic N) is 4. The van der Waals surface area contributed by atoms with Gasteiger partial charge in [0.05, 0.1) is 12.2 Å². The molecule has 0 atom stereocenters. The highest BCUT2D eigenvalue weighted by atomic mass is 32.2. The van der Waals surface area contributed by atoms with Crippen molar-refractivity contribution in [2.24, 2.45) is 7.05 Å². The zero-order valence-corrected chi connectivity index (χ0v) is 18.8. The zero-order chi connectivity index (χ0) is 21.5. The molecule has 6 nitrogen and oxygen atoms in total. The van der Waals surface area contributed by atoms with Gasteiger partial charge in [0.2, 0.25) is 0 Å². The Morgan fingerprint density at radius 3 is 2.43 bits per heavy atom. The maximum absolute atomic E-state index is 11.7. The number of aromatic nitrogens is 3. The summed E-state index contributed by atoms with van der Waals surface area (Å²) in [6, 6.07) is 15.8. The smallest absolute Gasteiger partial charge is 0.191 e. The second-order valence-electron chi connectivity index (χ2n) is 6.83. The summed E-state index contributed by atoms with van der Waals surface area (Å²) >= 11 is 1.58. The summed E-state index contributed by atoms with van der Waals surface area (Å²) in [5, 5.41) is 9.53. The van der Waals surface area contributed by atoms with Gasteiger partial charge in [-0.1, -0.05) is 23.9 Å². The number of anilines is 1. The lowest BCUT2D eigenvalue weighted by Crippen LogP contribution is -2.21. The largest absolute Gasteiger partial charge is 0.492 e. The second kappa shape index (κ2) is 10.3. The van der Waals surface area contributed by atoms with Crippen LogP contribution in [-0.2, 0) is 7.05 Å². The highest BCUT2D eigenvalue weighted by Gasteiger charge is 2.12. The van der Waals surface area contributed by atoms with Crippen LogP contribution < -0.4 is 9.64 Å². The third-order valence-corrected chi connectivity index (χ3v) is 5.91. The highest BCUT2D eigenvalue weighted by molar-refractivity contribution is 7.99. The summed E-state index contributed by atoms with van der Waals surface area (Å²) in [6.45, 7) is 8.32. The molecule has 0 aliphatic carbocycles. The van der Waals surface area contributed by atoms with E-state index in [0.29, 0.717) is 23.7 Å². The first-order valence-corrected chi connectivity index (χ1v) is 11.1. The fourth-order valence-corrected chi connectivity index (χ4v) is 4.00. The SMILES string of the molecule is CCN(CC)c1ccc(-c2nnc(SCCOc3ccccc3C(C)=O)n2C)cc1. The number of benzene rings is 2. The van der Waals surface area contributed by atoms with Gasteiger partial charge in [-0.2, -0.15) is 0 Å². The summed E-state index contributed by atoms with van der Waals surface area (Å²) in [6.07, 6.45) is 0. The molecule has 0 amide bonds. The number of Topliss-reactive ketones (excluding diaryl/α,β-unsaturated/α-hetero) is 1. The van der Waals surface area contributed by atoms with Crippen molar-refractivity contribution in [1.82, 2.24) is 14.8 Å². The van der Waals surface area contributed by atoms with Crippen molar-refractivity contribution >= 4 is 23.2 Å². The van der Waals surface area contributed by atoms with Crippen molar-refractivity contribution in [3.8, 4) is 17.1 Å². The normalized spacial score (nSPS) is 10.8. The van der Waals surface area contributed by atoms with Gasteiger partial charge in [-0.25, -0.2) is 0 Å². The Morgan fingerprint density at radius 2 is 1.77 bits per heavy atom. The van der Waals surface area contributed by atoms with Crippen LogP contribution in [0.2, 0.25) is 0 Å². The topological polar surface area (TPSA) is 60.2 Å². The van der Waals surface area contributed by atoms with E-state index in [1.54, 1.807) is 24.8 Å². The Labute approximate surface area is 182 Å². The van der Waals surface area contributed by atoms with E-state index in [2.05, 4.69) is 53.2 Å². The molecule has 0 N–H and O–H groups in total. The molecule has 0 spiro atoms. The number of rotatable bonds is 10. The Hall–Kier alpha value is -2.80. The molecule has 30 heavy (non-hydrogen) atoms. The molecule has 7 heteroatoms. The average Bonchev–Trinajstić information content (AvgIpc) is 3.13. The standard InChI is InChI=1S/C23H28N4O2S/c1-5-27(6-2)19-13-11-18(12-14-19)22-24-25-23(26(22)4)30-16-15-29-21-10-8-7-9-20(21)17(3)28/h7-14H,5-6,15-16H2,1-4H3. The average molecular weight is 425 g/mol. The number of para-hydroxylation sites is 1. The van der Waals surface area contributed by atoms with Crippen LogP contribution in [0.4, 0.5) is 5.69 Å². The van der Waals surface area contributed by atoms with Crippen LogP contribution in [0.5, 0.6) is 5.75 Å². The molecule has 1 heterocycles. The predicted octanol–water partition coefficient (Wildman–Crippen LogP) is 4.70. The number of hydrogen-bond acceptors (Lipinski definition) is 6. The summed E-state index contributed by atoms with van der Waals surface area (Å²) in [5.41, 5.74) is 2.86. The molecule has 1 aromatic heterocycles. The van der Waals surface area contributed by atoms with E-state index in [-0.39, 0.29) is 5.78 Å². The quantitative estimate of drug-likeness (QED) is 0.267. The monoisotopic (exact) mass is 424 g/mol. The van der Waals surface area contributed by atoms with Crippen LogP contribution in [0.25, 0.3) is 11.4 Å². The second-order valence-corrected chi connectivity index (χ2v) is 7.90. The summed E-state index contributed by atoms with van der Waals surface area (Å²) in [4.78, 5) is 14.0. The van der Waals surface area contributed by atoms with E-state index in [0.717, 1.165) is 29.6 Å². The Kier molecular flexibility index (Phi) is 7.52. The number of hydrogen-bond donors (Lipinski definition) is 0. The van der Waals surface area contributed by atoms with E-state index in [4.69, 9.17) is 4.74 Å². The molecule has 3 rings (SSSR count). The van der Waals surface area contributed by atoms with Crippen molar-refractivity contribution in [3.63, 3.8) is 0 Å². The predicted molar refractivity (Wildman–Crippen MR) is 123 cm³/mol. The Balaban J connectivity index is 1.60. The Morgan fingerprint density at radius 1 is 1.07 bits per heavy atom. The van der Waals surface area contributed by atoms with E-state index in [1.165, 1.54) is 5.69 Å². The van der Waals surface area contributed by atoms with Gasteiger partial charge in [-0.15, -0.1) is 10.2 Å². The van der Waals surface area contributed by atoms with Crippen molar-refractivity contribution in [1.29, 1.82) is 0 Å². The molecule has 3 aromatic rings. The molecule has 0 radical (unpaired) electrons. The Bertz CT molecular complexity index is 981. The molecule has 0 bridgehead atoms. The van der Waals surface area contributed by atoms with Crippen LogP contribution >= 0.6 is 11.8 Å². The van der Waals surface area contributed by atoms with Gasteiger partial charge in [0.1, 0.15) is 5.75 Å². The first-order valence-electron chi connectivity index (χ1n) is 10.2. The van der Waals surface area contributed by atoms with Gasteiger partial charge in [0.15, 0.2) is 16.8 Å². The van der Waals surface area contributed by atoms with E-state index < -0.39 is 0 Å². The lowest BCUT2D eigenvalue weighted by atomic mass is 10.1. The number of carbonyl (C=O) groups is 1. The van der Waals surface area contributed by atoms with Crippen molar-refractivity contribution in [2.75, 3.05) is 30.3 Å². The van der Waals surface area contributed by atoms with E-state index in [9.17, 15) is 4.79 Å². The van der Waals surface area contributed by atoms with Crippen LogP contribution in [0.3, 0.4) is 0 Å². The minimum Gasteiger partial charge on any atom is -0.492 e. The van der Waals surface area contributed by atoms with Crippen LogP contribution in [0.1, 0.15) is 31.1 Å². The summed E-state index contributed by atoms with van der Waals surface area (Å²) in [5.74, 6) is 2.17. The molecule has 0 aliphatic rings. The zero-order valence-electron chi connectivity index (χ0n) is 18.0. The maximum Gasteiger partial charge on any atom is 0.191 e. The van der Waals surface area contributed by atoms with E-state index >= 15 is 0 Å². The number of ketones is 1. The summed E-state index contributed by atoms with van der Waals surface area (Å²) in [7, 11) is 1.97. The molecule has 2 aromatic carbocycles. The fourth-order valence-electron chi connectivity index (χ4n) is 3.27. The maximum atomic E-state index is 11.7. The number of thioether (sulfide) groups is 1. The summed E-state index contributed by atoms with van der Waals surface area (Å²) < 4.78 is 7.81.